The molecule has 0 spiro atoms. The lowest BCUT2D eigenvalue weighted by atomic mass is 9.98. The highest BCUT2D eigenvalue weighted by Crippen LogP contribution is 2.33. The number of rotatable bonds is 3. The van der Waals surface area contributed by atoms with Gasteiger partial charge in [-0.3, -0.25) is 0 Å². The zero-order chi connectivity index (χ0) is 12.4. The smallest absolute Gasteiger partial charge is 0.232 e. The monoisotopic (exact) mass is 251 g/mol. The molecule has 2 fully saturated rings. The molecule has 2 aliphatic heterocycles. The maximum Gasteiger partial charge on any atom is 0.232 e. The van der Waals surface area contributed by atoms with Crippen LogP contribution >= 0.6 is 0 Å². The first kappa shape index (κ1) is 12.1. The van der Waals surface area contributed by atoms with E-state index in [1.165, 1.54) is 6.42 Å². The number of piperidine rings is 1. The van der Waals surface area contributed by atoms with E-state index in [1.54, 1.807) is 0 Å². The molecule has 0 amide bonds. The van der Waals surface area contributed by atoms with Gasteiger partial charge in [-0.2, -0.15) is 4.98 Å². The summed E-state index contributed by atoms with van der Waals surface area (Å²) in [5, 5.41) is 7.56. The van der Waals surface area contributed by atoms with Crippen molar-refractivity contribution in [2.75, 3.05) is 19.7 Å². The van der Waals surface area contributed by atoms with Crippen molar-refractivity contribution in [1.29, 1.82) is 0 Å². The Balaban J connectivity index is 1.72. The van der Waals surface area contributed by atoms with E-state index >= 15 is 0 Å². The minimum Gasteiger partial charge on any atom is -0.377 e. The highest BCUT2D eigenvalue weighted by atomic mass is 16.5. The second-order valence-electron chi connectivity index (χ2n) is 5.25. The van der Waals surface area contributed by atoms with Crippen molar-refractivity contribution in [3.8, 4) is 0 Å². The van der Waals surface area contributed by atoms with Gasteiger partial charge in [0.2, 0.25) is 5.89 Å². The third-order valence-corrected chi connectivity index (χ3v) is 4.05. The normalized spacial score (nSPS) is 32.8. The van der Waals surface area contributed by atoms with Gasteiger partial charge in [-0.25, -0.2) is 0 Å². The van der Waals surface area contributed by atoms with Gasteiger partial charge in [-0.15, -0.1) is 0 Å². The first-order valence-corrected chi connectivity index (χ1v) is 7.04. The minimum absolute atomic E-state index is 0.253. The average Bonchev–Trinajstić information content (AvgIpc) is 3.08. The van der Waals surface area contributed by atoms with Crippen molar-refractivity contribution in [2.45, 2.75) is 50.5 Å². The third kappa shape index (κ3) is 2.29. The van der Waals surface area contributed by atoms with E-state index in [0.29, 0.717) is 11.8 Å². The molecular weight excluding hydrogens is 230 g/mol. The summed E-state index contributed by atoms with van der Waals surface area (Å²) >= 11 is 0. The second-order valence-corrected chi connectivity index (χ2v) is 5.25. The van der Waals surface area contributed by atoms with Crippen molar-refractivity contribution >= 4 is 0 Å². The topological polar surface area (TPSA) is 60.2 Å². The molecule has 1 aromatic rings. The summed E-state index contributed by atoms with van der Waals surface area (Å²) in [4.78, 5) is 4.62. The molecule has 100 valence electrons. The number of ether oxygens (including phenoxy) is 1. The Morgan fingerprint density at radius 3 is 3.11 bits per heavy atom. The van der Waals surface area contributed by atoms with Crippen LogP contribution in [0.15, 0.2) is 4.52 Å². The summed E-state index contributed by atoms with van der Waals surface area (Å²) in [5.74, 6) is 2.37. The molecule has 3 atom stereocenters. The Morgan fingerprint density at radius 1 is 1.39 bits per heavy atom. The van der Waals surface area contributed by atoms with E-state index in [9.17, 15) is 0 Å². The van der Waals surface area contributed by atoms with E-state index in [4.69, 9.17) is 9.26 Å². The standard InChI is InChI=1S/C13H21N3O2/c1-2-11-10(5-7-17-11)13-15-12(16-18-13)9-4-3-6-14-8-9/h9-11,14H,2-8H2,1H3. The maximum atomic E-state index is 5.68. The average molecular weight is 251 g/mol. The molecule has 0 saturated carbocycles. The van der Waals surface area contributed by atoms with Gasteiger partial charge in [0, 0.05) is 19.1 Å². The van der Waals surface area contributed by atoms with Gasteiger partial charge in [0.25, 0.3) is 0 Å². The quantitative estimate of drug-likeness (QED) is 0.888. The summed E-state index contributed by atoms with van der Waals surface area (Å²) in [5.41, 5.74) is 0. The number of nitrogens with zero attached hydrogens (tertiary/aromatic N) is 2. The Hall–Kier alpha value is -0.940. The molecule has 0 radical (unpaired) electrons. The molecule has 0 aliphatic carbocycles. The SMILES string of the molecule is CCC1OCCC1c1nc(C2CCCNC2)no1. The molecule has 2 aliphatic rings. The van der Waals surface area contributed by atoms with Crippen LogP contribution in [0.5, 0.6) is 0 Å². The second kappa shape index (κ2) is 5.36. The van der Waals surface area contributed by atoms with Gasteiger partial charge >= 0.3 is 0 Å². The molecule has 3 heterocycles. The van der Waals surface area contributed by atoms with Crippen LogP contribution in [0.25, 0.3) is 0 Å². The largest absolute Gasteiger partial charge is 0.377 e. The molecule has 3 unspecified atom stereocenters. The van der Waals surface area contributed by atoms with Gasteiger partial charge in [0.1, 0.15) is 0 Å². The number of hydrogen-bond donors (Lipinski definition) is 1. The Morgan fingerprint density at radius 2 is 2.33 bits per heavy atom. The lowest BCUT2D eigenvalue weighted by Crippen LogP contribution is -2.29. The van der Waals surface area contributed by atoms with Gasteiger partial charge < -0.3 is 14.6 Å². The first-order valence-electron chi connectivity index (χ1n) is 7.04. The summed E-state index contributed by atoms with van der Waals surface area (Å²) in [7, 11) is 0. The number of aromatic nitrogens is 2. The van der Waals surface area contributed by atoms with Crippen molar-refractivity contribution in [2.24, 2.45) is 0 Å². The third-order valence-electron chi connectivity index (χ3n) is 4.05. The van der Waals surface area contributed by atoms with Gasteiger partial charge in [-0.1, -0.05) is 12.1 Å². The van der Waals surface area contributed by atoms with Crippen LogP contribution in [0.2, 0.25) is 0 Å². The molecular formula is C13H21N3O2. The van der Waals surface area contributed by atoms with Crippen LogP contribution in [-0.4, -0.2) is 35.9 Å². The predicted octanol–water partition coefficient (Wildman–Crippen LogP) is 1.82. The van der Waals surface area contributed by atoms with Crippen LogP contribution < -0.4 is 5.32 Å². The molecule has 0 aromatic carbocycles. The summed E-state index contributed by atoms with van der Waals surface area (Å²) in [6.45, 7) is 5.03. The molecule has 5 nitrogen and oxygen atoms in total. The van der Waals surface area contributed by atoms with Crippen LogP contribution in [0.3, 0.4) is 0 Å². The predicted molar refractivity (Wildman–Crippen MR) is 66.5 cm³/mol. The first-order chi connectivity index (χ1) is 8.88. The lowest BCUT2D eigenvalue weighted by Gasteiger charge is -2.19. The van der Waals surface area contributed by atoms with E-state index in [0.717, 1.165) is 50.7 Å². The molecule has 3 rings (SSSR count). The van der Waals surface area contributed by atoms with E-state index < -0.39 is 0 Å². The maximum absolute atomic E-state index is 5.68. The zero-order valence-electron chi connectivity index (χ0n) is 10.9. The highest BCUT2D eigenvalue weighted by molar-refractivity contribution is 5.04. The van der Waals surface area contributed by atoms with E-state index in [2.05, 4.69) is 22.4 Å². The van der Waals surface area contributed by atoms with Gasteiger partial charge in [0.05, 0.1) is 12.0 Å². The molecule has 2 saturated heterocycles. The van der Waals surface area contributed by atoms with Crippen LogP contribution in [-0.2, 0) is 4.74 Å². The fourth-order valence-corrected chi connectivity index (χ4v) is 2.97. The fourth-order valence-electron chi connectivity index (χ4n) is 2.97. The lowest BCUT2D eigenvalue weighted by molar-refractivity contribution is 0.0953. The summed E-state index contributed by atoms with van der Waals surface area (Å²) < 4.78 is 11.1. The Labute approximate surface area is 107 Å². The van der Waals surface area contributed by atoms with Crippen molar-refractivity contribution in [3.63, 3.8) is 0 Å². The highest BCUT2D eigenvalue weighted by Gasteiger charge is 2.33. The van der Waals surface area contributed by atoms with Gasteiger partial charge in [-0.05, 0) is 32.2 Å². The molecule has 5 heteroatoms. The van der Waals surface area contributed by atoms with Crippen molar-refractivity contribution in [3.05, 3.63) is 11.7 Å². The summed E-state index contributed by atoms with van der Waals surface area (Å²) in [6.07, 6.45) is 4.61. The number of hydrogen-bond acceptors (Lipinski definition) is 5. The molecule has 0 bridgehead atoms. The molecule has 18 heavy (non-hydrogen) atoms. The zero-order valence-corrected chi connectivity index (χ0v) is 10.9. The molecule has 1 aromatic heterocycles. The summed E-state index contributed by atoms with van der Waals surface area (Å²) in [6, 6.07) is 0. The number of nitrogens with one attached hydrogen (secondary N) is 1. The Kier molecular flexibility index (Phi) is 3.61. The van der Waals surface area contributed by atoms with Crippen LogP contribution in [0.4, 0.5) is 0 Å². The fraction of sp³-hybridized carbons (Fsp3) is 0.846. The van der Waals surface area contributed by atoms with E-state index in [1.807, 2.05) is 0 Å². The van der Waals surface area contributed by atoms with Crippen LogP contribution in [0.1, 0.15) is 56.2 Å². The van der Waals surface area contributed by atoms with Crippen molar-refractivity contribution < 1.29 is 9.26 Å². The van der Waals surface area contributed by atoms with Crippen molar-refractivity contribution in [1.82, 2.24) is 15.5 Å². The Bertz CT molecular complexity index is 387. The van der Waals surface area contributed by atoms with E-state index in [-0.39, 0.29) is 6.10 Å². The van der Waals surface area contributed by atoms with Gasteiger partial charge in [0.15, 0.2) is 5.82 Å². The minimum atomic E-state index is 0.253. The van der Waals surface area contributed by atoms with Crippen LogP contribution in [0, 0.1) is 0 Å². The molecule has 1 N–H and O–H groups in total.